The van der Waals surface area contributed by atoms with Gasteiger partial charge >= 0.3 is 0 Å². The minimum absolute atomic E-state index is 0.200. The fourth-order valence-electron chi connectivity index (χ4n) is 3.27. The van der Waals surface area contributed by atoms with Crippen LogP contribution in [-0.2, 0) is 9.53 Å². The van der Waals surface area contributed by atoms with Crippen molar-refractivity contribution in [2.24, 2.45) is 0 Å². The molecule has 3 N–H and O–H groups in total. The largest absolute Gasteiger partial charge is 0.378 e. The number of anilines is 1. The van der Waals surface area contributed by atoms with Crippen LogP contribution in [0.3, 0.4) is 0 Å². The molecule has 1 saturated heterocycles. The van der Waals surface area contributed by atoms with Gasteiger partial charge in [0.15, 0.2) is 5.13 Å². The number of aromatic nitrogens is 1. The summed E-state index contributed by atoms with van der Waals surface area (Å²) in [6.45, 7) is 2.66. The number of ether oxygens (including phenoxy) is 1. The number of morpholine rings is 1. The normalized spacial score (nSPS) is 14.2. The molecule has 0 bridgehead atoms. The molecule has 33 heavy (non-hydrogen) atoms. The molecule has 170 valence electrons. The van der Waals surface area contributed by atoms with Gasteiger partial charge in [0.2, 0.25) is 0 Å². The predicted molar refractivity (Wildman–Crippen MR) is 124 cm³/mol. The van der Waals surface area contributed by atoms with Crippen molar-refractivity contribution in [3.8, 4) is 0 Å². The zero-order chi connectivity index (χ0) is 23.0. The lowest BCUT2D eigenvalue weighted by molar-refractivity contribution is -0.123. The molecule has 0 saturated carbocycles. The average molecular weight is 466 g/mol. The predicted octanol–water partition coefficient (Wildman–Crippen LogP) is 1.91. The second kappa shape index (κ2) is 10.7. The van der Waals surface area contributed by atoms with E-state index in [1.54, 1.807) is 60.0 Å². The quantitative estimate of drug-likeness (QED) is 0.480. The van der Waals surface area contributed by atoms with E-state index < -0.39 is 23.8 Å². The van der Waals surface area contributed by atoms with E-state index in [9.17, 15) is 14.4 Å². The number of amides is 3. The number of hydrogen-bond acceptors (Lipinski definition) is 7. The van der Waals surface area contributed by atoms with Crippen molar-refractivity contribution >= 4 is 34.2 Å². The number of rotatable bonds is 6. The summed E-state index contributed by atoms with van der Waals surface area (Å²) in [6.07, 6.45) is 0. The molecule has 1 unspecified atom stereocenters. The summed E-state index contributed by atoms with van der Waals surface area (Å²) in [7, 11) is 0. The zero-order valence-electron chi connectivity index (χ0n) is 17.7. The van der Waals surface area contributed by atoms with Gasteiger partial charge in [0.25, 0.3) is 17.7 Å². The van der Waals surface area contributed by atoms with Gasteiger partial charge in [-0.05, 0) is 17.7 Å². The van der Waals surface area contributed by atoms with E-state index >= 15 is 0 Å². The van der Waals surface area contributed by atoms with E-state index in [0.717, 1.165) is 5.13 Å². The third-order valence-corrected chi connectivity index (χ3v) is 5.91. The van der Waals surface area contributed by atoms with Crippen molar-refractivity contribution in [2.45, 2.75) is 6.04 Å². The summed E-state index contributed by atoms with van der Waals surface area (Å²) in [6, 6.07) is 16.4. The van der Waals surface area contributed by atoms with Crippen LogP contribution in [-0.4, -0.2) is 49.0 Å². The van der Waals surface area contributed by atoms with E-state index in [-0.39, 0.29) is 5.69 Å². The minimum atomic E-state index is -1.00. The molecule has 3 amide bonds. The lowest BCUT2D eigenvalue weighted by atomic mass is 10.1. The Labute approximate surface area is 194 Å². The van der Waals surface area contributed by atoms with Crippen molar-refractivity contribution in [1.82, 2.24) is 21.2 Å². The Balaban J connectivity index is 1.41. The van der Waals surface area contributed by atoms with Crippen molar-refractivity contribution in [2.75, 3.05) is 31.2 Å². The van der Waals surface area contributed by atoms with E-state index in [2.05, 4.69) is 21.2 Å². The van der Waals surface area contributed by atoms with Crippen LogP contribution in [0.5, 0.6) is 0 Å². The number of thiazole rings is 1. The summed E-state index contributed by atoms with van der Waals surface area (Å²) in [5, 5.41) is 5.09. The summed E-state index contributed by atoms with van der Waals surface area (Å²) in [5.41, 5.74) is 6.00. The van der Waals surface area contributed by atoms with Gasteiger partial charge in [0.1, 0.15) is 11.7 Å². The Morgan fingerprint density at radius 3 is 2.27 bits per heavy atom. The molecular formula is C23H23N5O4S. The Morgan fingerprint density at radius 1 is 0.909 bits per heavy atom. The molecule has 1 aliphatic heterocycles. The van der Waals surface area contributed by atoms with Gasteiger partial charge in [0, 0.05) is 24.0 Å². The molecular weight excluding hydrogens is 442 g/mol. The van der Waals surface area contributed by atoms with Crippen LogP contribution >= 0.6 is 11.3 Å². The molecule has 2 aromatic carbocycles. The van der Waals surface area contributed by atoms with Crippen LogP contribution in [0.1, 0.15) is 32.5 Å². The second-order valence-corrected chi connectivity index (χ2v) is 8.08. The minimum Gasteiger partial charge on any atom is -0.378 e. The summed E-state index contributed by atoms with van der Waals surface area (Å²) in [4.78, 5) is 44.5. The molecule has 0 radical (unpaired) electrons. The van der Waals surface area contributed by atoms with Gasteiger partial charge < -0.3 is 15.0 Å². The SMILES string of the molecule is O=C(NC(C(=O)NNC(=O)c1csc(N2CCOCC2)n1)c1ccccc1)c1ccccc1. The van der Waals surface area contributed by atoms with Crippen LogP contribution in [0.2, 0.25) is 0 Å². The molecule has 0 aliphatic carbocycles. The highest BCUT2D eigenvalue weighted by Crippen LogP contribution is 2.21. The van der Waals surface area contributed by atoms with Gasteiger partial charge in [-0.15, -0.1) is 11.3 Å². The Bertz CT molecular complexity index is 1100. The maximum atomic E-state index is 12.9. The molecule has 1 aromatic heterocycles. The average Bonchev–Trinajstić information content (AvgIpc) is 3.38. The molecule has 2 heterocycles. The lowest BCUT2D eigenvalue weighted by Crippen LogP contribution is -2.48. The summed E-state index contributed by atoms with van der Waals surface area (Å²) < 4.78 is 5.33. The van der Waals surface area contributed by atoms with Crippen molar-refractivity contribution in [1.29, 1.82) is 0 Å². The van der Waals surface area contributed by atoms with Crippen LogP contribution in [0.25, 0.3) is 0 Å². The van der Waals surface area contributed by atoms with Gasteiger partial charge in [-0.3, -0.25) is 25.2 Å². The van der Waals surface area contributed by atoms with E-state index in [4.69, 9.17) is 4.74 Å². The number of benzene rings is 2. The first-order chi connectivity index (χ1) is 16.1. The van der Waals surface area contributed by atoms with E-state index in [1.165, 1.54) is 11.3 Å². The van der Waals surface area contributed by atoms with E-state index in [1.807, 2.05) is 11.0 Å². The lowest BCUT2D eigenvalue weighted by Gasteiger charge is -2.25. The van der Waals surface area contributed by atoms with Crippen molar-refractivity contribution in [3.05, 3.63) is 82.9 Å². The van der Waals surface area contributed by atoms with Crippen LogP contribution in [0.15, 0.2) is 66.0 Å². The molecule has 1 atom stereocenters. The number of carbonyl (C=O) groups is 3. The molecule has 10 heteroatoms. The highest BCUT2D eigenvalue weighted by atomic mass is 32.1. The summed E-state index contributed by atoms with van der Waals surface area (Å²) in [5.74, 6) is -1.52. The molecule has 3 aromatic rings. The van der Waals surface area contributed by atoms with Gasteiger partial charge in [0.05, 0.1) is 13.2 Å². The second-order valence-electron chi connectivity index (χ2n) is 7.24. The maximum Gasteiger partial charge on any atom is 0.289 e. The highest BCUT2D eigenvalue weighted by molar-refractivity contribution is 7.13. The van der Waals surface area contributed by atoms with Crippen LogP contribution in [0.4, 0.5) is 5.13 Å². The zero-order valence-corrected chi connectivity index (χ0v) is 18.5. The Kier molecular flexibility index (Phi) is 7.28. The third-order valence-electron chi connectivity index (χ3n) is 5.01. The topological polar surface area (TPSA) is 113 Å². The number of hydrogen-bond donors (Lipinski definition) is 3. The standard InChI is InChI=1S/C23H23N5O4S/c29-20(17-9-5-2-6-10-17)25-19(16-7-3-1-4-8-16)22(31)27-26-21(30)18-15-33-23(24-18)28-11-13-32-14-12-28/h1-10,15,19H,11-14H2,(H,25,29)(H,26,30)(H,27,31). The van der Waals surface area contributed by atoms with Gasteiger partial charge in [-0.2, -0.15) is 0 Å². The third kappa shape index (κ3) is 5.73. The fourth-order valence-corrected chi connectivity index (χ4v) is 4.13. The van der Waals surface area contributed by atoms with Crippen LogP contribution < -0.4 is 21.1 Å². The smallest absolute Gasteiger partial charge is 0.289 e. The fraction of sp³-hybridized carbons (Fsp3) is 0.217. The number of hydrazine groups is 1. The molecule has 1 aliphatic rings. The number of nitrogens with zero attached hydrogens (tertiary/aromatic N) is 2. The molecule has 4 rings (SSSR count). The molecule has 0 spiro atoms. The van der Waals surface area contributed by atoms with E-state index in [0.29, 0.717) is 37.4 Å². The van der Waals surface area contributed by atoms with Gasteiger partial charge in [-0.25, -0.2) is 4.98 Å². The first kappa shape index (κ1) is 22.4. The summed E-state index contributed by atoms with van der Waals surface area (Å²) >= 11 is 1.36. The van der Waals surface area contributed by atoms with Crippen molar-refractivity contribution < 1.29 is 19.1 Å². The van der Waals surface area contributed by atoms with Crippen LogP contribution in [0, 0.1) is 0 Å². The van der Waals surface area contributed by atoms with Crippen molar-refractivity contribution in [3.63, 3.8) is 0 Å². The maximum absolute atomic E-state index is 12.9. The first-order valence-corrected chi connectivity index (χ1v) is 11.3. The Morgan fingerprint density at radius 2 is 1.58 bits per heavy atom. The molecule has 1 fully saturated rings. The highest BCUT2D eigenvalue weighted by Gasteiger charge is 2.24. The number of nitrogens with one attached hydrogen (secondary N) is 3. The first-order valence-electron chi connectivity index (χ1n) is 10.4. The van der Waals surface area contributed by atoms with Gasteiger partial charge in [-0.1, -0.05) is 48.5 Å². The monoisotopic (exact) mass is 465 g/mol. The molecule has 9 nitrogen and oxygen atoms in total. The number of carbonyl (C=O) groups excluding carboxylic acids is 3. The Hall–Kier alpha value is -3.76.